The zero-order chi connectivity index (χ0) is 15.9. The van der Waals surface area contributed by atoms with Crippen molar-refractivity contribution in [2.24, 2.45) is 0 Å². The Hall–Kier alpha value is -2.08. The van der Waals surface area contributed by atoms with E-state index in [9.17, 15) is 4.79 Å². The minimum atomic E-state index is 0.178. The van der Waals surface area contributed by atoms with E-state index in [0.29, 0.717) is 18.7 Å². The summed E-state index contributed by atoms with van der Waals surface area (Å²) in [5.41, 5.74) is 0.966. The molecule has 0 N–H and O–H groups in total. The second-order valence-electron chi connectivity index (χ2n) is 4.73. The van der Waals surface area contributed by atoms with E-state index in [1.165, 1.54) is 11.8 Å². The second-order valence-corrected chi connectivity index (χ2v) is 5.80. The topological polar surface area (TPSA) is 57.0 Å². The zero-order valence-corrected chi connectivity index (χ0v) is 13.6. The van der Waals surface area contributed by atoms with E-state index in [1.807, 2.05) is 34.9 Å². The van der Waals surface area contributed by atoms with Crippen LogP contribution in [0.15, 0.2) is 42.1 Å². The van der Waals surface area contributed by atoms with Gasteiger partial charge in [0, 0.05) is 24.3 Å². The molecule has 116 valence electrons. The molecule has 1 aromatic heterocycles. The van der Waals surface area contributed by atoms with Gasteiger partial charge in [-0.3, -0.25) is 9.36 Å². The zero-order valence-electron chi connectivity index (χ0n) is 12.8. The van der Waals surface area contributed by atoms with Crippen molar-refractivity contribution >= 4 is 17.5 Å². The Bertz CT molecular complexity index is 650. The number of aromatic nitrogens is 3. The summed E-state index contributed by atoms with van der Waals surface area (Å²) in [5, 5.41) is 9.31. The molecule has 0 saturated heterocycles. The van der Waals surface area contributed by atoms with Crippen molar-refractivity contribution in [1.82, 2.24) is 14.8 Å². The number of carbonyl (C=O) groups excluding carboxylic acids is 1. The van der Waals surface area contributed by atoms with Gasteiger partial charge in [0.2, 0.25) is 0 Å². The van der Waals surface area contributed by atoms with Crippen molar-refractivity contribution in [3.8, 4) is 17.1 Å². The summed E-state index contributed by atoms with van der Waals surface area (Å²) in [6.45, 7) is 6.00. The molecule has 5 nitrogen and oxygen atoms in total. The lowest BCUT2D eigenvalue weighted by atomic mass is 10.2. The Morgan fingerprint density at radius 3 is 2.68 bits per heavy atom. The highest BCUT2D eigenvalue weighted by Crippen LogP contribution is 2.26. The molecule has 0 bridgehead atoms. The Balaban J connectivity index is 2.24. The van der Waals surface area contributed by atoms with E-state index in [2.05, 4.69) is 16.8 Å². The molecule has 0 atom stereocenters. The molecule has 0 spiro atoms. The van der Waals surface area contributed by atoms with Gasteiger partial charge < -0.3 is 4.74 Å². The lowest BCUT2D eigenvalue weighted by Gasteiger charge is -2.08. The summed E-state index contributed by atoms with van der Waals surface area (Å²) >= 11 is 1.53. The summed E-state index contributed by atoms with van der Waals surface area (Å²) in [4.78, 5) is 11.0. The number of rotatable bonds is 8. The molecule has 0 saturated carbocycles. The summed E-state index contributed by atoms with van der Waals surface area (Å²) in [6, 6.07) is 7.69. The van der Waals surface area contributed by atoms with Gasteiger partial charge in [0.1, 0.15) is 11.5 Å². The second kappa shape index (κ2) is 7.79. The third kappa shape index (κ3) is 3.98. The molecule has 0 aliphatic heterocycles. The number of allylic oxidation sites excluding steroid dienone is 1. The van der Waals surface area contributed by atoms with Gasteiger partial charge in [-0.2, -0.15) is 0 Å². The van der Waals surface area contributed by atoms with Crippen LogP contribution in [0.1, 0.15) is 13.3 Å². The fourth-order valence-corrected chi connectivity index (χ4v) is 2.92. The number of thioether (sulfide) groups is 1. The molecule has 2 rings (SSSR count). The highest BCUT2D eigenvalue weighted by atomic mass is 32.2. The van der Waals surface area contributed by atoms with Crippen molar-refractivity contribution in [3.05, 3.63) is 36.9 Å². The Kier molecular flexibility index (Phi) is 5.77. The number of methoxy groups -OCH3 is 1. The Morgan fingerprint density at radius 2 is 2.09 bits per heavy atom. The number of ether oxygens (including phenoxy) is 1. The minimum absolute atomic E-state index is 0.178. The van der Waals surface area contributed by atoms with E-state index in [4.69, 9.17) is 4.74 Å². The first-order valence-corrected chi connectivity index (χ1v) is 7.95. The molecular weight excluding hydrogens is 298 g/mol. The van der Waals surface area contributed by atoms with E-state index in [1.54, 1.807) is 14.0 Å². The Labute approximate surface area is 134 Å². The molecule has 0 aliphatic carbocycles. The van der Waals surface area contributed by atoms with Gasteiger partial charge in [0.15, 0.2) is 11.0 Å². The molecule has 1 aromatic carbocycles. The highest BCUT2D eigenvalue weighted by Gasteiger charge is 2.13. The van der Waals surface area contributed by atoms with Gasteiger partial charge in [-0.05, 0) is 31.2 Å². The monoisotopic (exact) mass is 317 g/mol. The molecule has 6 heteroatoms. The third-order valence-electron chi connectivity index (χ3n) is 3.06. The maximum atomic E-state index is 11.0. The largest absolute Gasteiger partial charge is 0.497 e. The third-order valence-corrected chi connectivity index (χ3v) is 4.03. The average molecular weight is 317 g/mol. The predicted molar refractivity (Wildman–Crippen MR) is 88.2 cm³/mol. The lowest BCUT2D eigenvalue weighted by molar-refractivity contribution is -0.116. The van der Waals surface area contributed by atoms with Crippen LogP contribution in [0.2, 0.25) is 0 Å². The number of ketones is 1. The number of nitrogens with zero attached hydrogens (tertiary/aromatic N) is 3. The molecule has 22 heavy (non-hydrogen) atoms. The first-order chi connectivity index (χ1) is 10.7. The molecule has 1 heterocycles. The molecular formula is C16H19N3O2S. The van der Waals surface area contributed by atoms with Crippen LogP contribution < -0.4 is 4.74 Å². The van der Waals surface area contributed by atoms with Gasteiger partial charge in [-0.15, -0.1) is 16.8 Å². The van der Waals surface area contributed by atoms with Gasteiger partial charge in [0.05, 0.1) is 7.11 Å². The van der Waals surface area contributed by atoms with Crippen LogP contribution in [0.25, 0.3) is 11.4 Å². The smallest absolute Gasteiger partial charge is 0.191 e. The first-order valence-electron chi connectivity index (χ1n) is 6.96. The first kappa shape index (κ1) is 16.3. The highest BCUT2D eigenvalue weighted by molar-refractivity contribution is 7.99. The normalized spacial score (nSPS) is 10.5. The number of carbonyl (C=O) groups is 1. The van der Waals surface area contributed by atoms with E-state index in [-0.39, 0.29) is 5.78 Å². The summed E-state index contributed by atoms with van der Waals surface area (Å²) < 4.78 is 7.17. The molecule has 0 radical (unpaired) electrons. The van der Waals surface area contributed by atoms with E-state index in [0.717, 1.165) is 22.3 Å². The van der Waals surface area contributed by atoms with Gasteiger partial charge in [-0.1, -0.05) is 17.8 Å². The average Bonchev–Trinajstić information content (AvgIpc) is 2.90. The van der Waals surface area contributed by atoms with Crippen LogP contribution in [-0.4, -0.2) is 33.4 Å². The number of Topliss-reactive ketones (excluding diaryl/α,β-unsaturated/α-hetero) is 1. The minimum Gasteiger partial charge on any atom is -0.497 e. The fourth-order valence-electron chi connectivity index (χ4n) is 1.93. The molecule has 0 amide bonds. The quantitative estimate of drug-likeness (QED) is 0.553. The number of hydrogen-bond acceptors (Lipinski definition) is 5. The lowest BCUT2D eigenvalue weighted by Crippen LogP contribution is -2.01. The molecule has 0 aliphatic rings. The van der Waals surface area contributed by atoms with Crippen molar-refractivity contribution < 1.29 is 9.53 Å². The standard InChI is InChI=1S/C16H19N3O2S/c1-4-10-19-15(13-5-7-14(21-3)8-6-13)17-18-16(19)22-11-9-12(2)20/h4-8H,1,9-11H2,2-3H3. The summed E-state index contributed by atoms with van der Waals surface area (Å²) in [6.07, 6.45) is 2.34. The van der Waals surface area contributed by atoms with Crippen LogP contribution in [-0.2, 0) is 11.3 Å². The van der Waals surface area contributed by atoms with Crippen LogP contribution in [0.4, 0.5) is 0 Å². The molecule has 0 fully saturated rings. The maximum absolute atomic E-state index is 11.0. The van der Waals surface area contributed by atoms with Crippen molar-refractivity contribution in [1.29, 1.82) is 0 Å². The van der Waals surface area contributed by atoms with Crippen LogP contribution in [0.5, 0.6) is 5.75 Å². The van der Waals surface area contributed by atoms with Gasteiger partial charge in [0.25, 0.3) is 0 Å². The maximum Gasteiger partial charge on any atom is 0.191 e. The Morgan fingerprint density at radius 1 is 1.36 bits per heavy atom. The fraction of sp³-hybridized carbons (Fsp3) is 0.312. The molecule has 0 unspecified atom stereocenters. The molecule has 2 aromatic rings. The van der Waals surface area contributed by atoms with Gasteiger partial charge in [-0.25, -0.2) is 0 Å². The number of benzene rings is 1. The van der Waals surface area contributed by atoms with Crippen LogP contribution >= 0.6 is 11.8 Å². The van der Waals surface area contributed by atoms with Crippen molar-refractivity contribution in [2.75, 3.05) is 12.9 Å². The van der Waals surface area contributed by atoms with E-state index >= 15 is 0 Å². The summed E-state index contributed by atoms with van der Waals surface area (Å²) in [7, 11) is 1.64. The van der Waals surface area contributed by atoms with Crippen molar-refractivity contribution in [3.63, 3.8) is 0 Å². The van der Waals surface area contributed by atoms with Gasteiger partial charge >= 0.3 is 0 Å². The predicted octanol–water partition coefficient (Wildman–Crippen LogP) is 3.21. The van der Waals surface area contributed by atoms with E-state index < -0.39 is 0 Å². The van der Waals surface area contributed by atoms with Crippen LogP contribution in [0, 0.1) is 0 Å². The number of hydrogen-bond donors (Lipinski definition) is 0. The summed E-state index contributed by atoms with van der Waals surface area (Å²) in [5.74, 6) is 2.47. The van der Waals surface area contributed by atoms with Crippen LogP contribution in [0.3, 0.4) is 0 Å². The van der Waals surface area contributed by atoms with Crippen molar-refractivity contribution in [2.45, 2.75) is 25.0 Å². The SMILES string of the molecule is C=CCn1c(SCCC(C)=O)nnc1-c1ccc(OC)cc1.